The van der Waals surface area contributed by atoms with Gasteiger partial charge in [-0.05, 0) is 0 Å². The zero-order chi connectivity index (χ0) is 16.6. The van der Waals surface area contributed by atoms with Gasteiger partial charge in [-0.1, -0.05) is 30.3 Å². The highest BCUT2D eigenvalue weighted by atomic mass is 19.3. The summed E-state index contributed by atoms with van der Waals surface area (Å²) in [4.78, 5) is 10.1. The van der Waals surface area contributed by atoms with Crippen molar-refractivity contribution in [2.75, 3.05) is 31.1 Å². The second kappa shape index (κ2) is 5.79. The van der Waals surface area contributed by atoms with Gasteiger partial charge in [0.05, 0.1) is 18.8 Å². The normalized spacial score (nSPS) is 17.8. The summed E-state index contributed by atoms with van der Waals surface area (Å²) < 4.78 is 29.4. The molecule has 8 heteroatoms. The number of anilines is 1. The van der Waals surface area contributed by atoms with Crippen LogP contribution in [0.4, 0.5) is 14.6 Å². The zero-order valence-electron chi connectivity index (χ0n) is 12.9. The number of aromatic nitrogens is 4. The summed E-state index contributed by atoms with van der Waals surface area (Å²) in [5, 5.41) is 6.96. The minimum Gasteiger partial charge on any atom is -0.349 e. The van der Waals surface area contributed by atoms with Crippen molar-refractivity contribution >= 4 is 11.6 Å². The molecule has 4 rings (SSSR count). The molecule has 3 heterocycles. The molecule has 2 aromatic heterocycles. The molecule has 1 aliphatic rings. The topological polar surface area (TPSA) is 58.4 Å². The summed E-state index contributed by atoms with van der Waals surface area (Å²) in [6.07, 6.45) is 1.41. The van der Waals surface area contributed by atoms with Crippen LogP contribution in [-0.2, 0) is 0 Å². The Bertz CT molecular complexity index is 848. The van der Waals surface area contributed by atoms with Crippen LogP contribution < -0.4 is 10.2 Å². The second-order valence-corrected chi connectivity index (χ2v) is 5.79. The first kappa shape index (κ1) is 14.9. The lowest BCUT2D eigenvalue weighted by molar-refractivity contribution is 0.0156. The van der Waals surface area contributed by atoms with E-state index >= 15 is 0 Å². The Kier molecular flexibility index (Phi) is 3.61. The van der Waals surface area contributed by atoms with E-state index in [4.69, 9.17) is 0 Å². The number of nitrogens with one attached hydrogen (secondary N) is 1. The van der Waals surface area contributed by atoms with Gasteiger partial charge in [-0.25, -0.2) is 8.78 Å². The fourth-order valence-electron chi connectivity index (χ4n) is 2.87. The van der Waals surface area contributed by atoms with Crippen molar-refractivity contribution in [3.8, 4) is 11.3 Å². The lowest BCUT2D eigenvalue weighted by Crippen LogP contribution is -2.38. The predicted molar refractivity (Wildman–Crippen MR) is 86.2 cm³/mol. The smallest absolute Gasteiger partial charge is 0.277 e. The van der Waals surface area contributed by atoms with Gasteiger partial charge in [0.1, 0.15) is 12.1 Å². The Hall–Kier alpha value is -2.61. The Morgan fingerprint density at radius 1 is 1.17 bits per heavy atom. The van der Waals surface area contributed by atoms with Crippen LogP contribution in [0.15, 0.2) is 42.7 Å². The average molecular weight is 330 g/mol. The van der Waals surface area contributed by atoms with Crippen molar-refractivity contribution < 1.29 is 8.78 Å². The lowest BCUT2D eigenvalue weighted by Gasteiger charge is -2.25. The molecule has 0 bridgehead atoms. The van der Waals surface area contributed by atoms with Gasteiger partial charge in [0.25, 0.3) is 11.7 Å². The first-order chi connectivity index (χ1) is 11.6. The number of rotatable bonds is 2. The number of nitrogens with zero attached hydrogens (tertiary/aromatic N) is 5. The molecule has 124 valence electrons. The molecule has 1 N–H and O–H groups in total. The minimum absolute atomic E-state index is 0.317. The average Bonchev–Trinajstić information content (AvgIpc) is 2.98. The molecule has 1 saturated heterocycles. The van der Waals surface area contributed by atoms with Gasteiger partial charge in [-0.2, -0.15) is 19.6 Å². The van der Waals surface area contributed by atoms with Gasteiger partial charge in [-0.15, -0.1) is 0 Å². The van der Waals surface area contributed by atoms with E-state index in [1.807, 2.05) is 30.3 Å². The van der Waals surface area contributed by atoms with Crippen molar-refractivity contribution in [2.24, 2.45) is 0 Å². The largest absolute Gasteiger partial charge is 0.349 e. The third-order valence-electron chi connectivity index (χ3n) is 4.00. The van der Waals surface area contributed by atoms with Crippen LogP contribution in [0.3, 0.4) is 0 Å². The third-order valence-corrected chi connectivity index (χ3v) is 4.00. The lowest BCUT2D eigenvalue weighted by atomic mass is 10.1. The van der Waals surface area contributed by atoms with Gasteiger partial charge in [0.2, 0.25) is 0 Å². The summed E-state index contributed by atoms with van der Waals surface area (Å²) >= 11 is 0. The first-order valence-corrected chi connectivity index (χ1v) is 7.72. The summed E-state index contributed by atoms with van der Waals surface area (Å²) in [6.45, 7) is 0.255. The van der Waals surface area contributed by atoms with Crippen LogP contribution in [0, 0.1) is 0 Å². The number of hydrogen-bond acceptors (Lipinski definition) is 5. The Morgan fingerprint density at radius 3 is 2.83 bits per heavy atom. The number of benzene rings is 1. The van der Waals surface area contributed by atoms with E-state index in [9.17, 15) is 8.78 Å². The van der Waals surface area contributed by atoms with E-state index in [-0.39, 0.29) is 13.1 Å². The molecule has 0 saturated carbocycles. The number of halogens is 2. The van der Waals surface area contributed by atoms with Crippen LogP contribution in [0.25, 0.3) is 17.0 Å². The summed E-state index contributed by atoms with van der Waals surface area (Å²) in [5.41, 5.74) is 1.70. The summed E-state index contributed by atoms with van der Waals surface area (Å²) in [5.74, 6) is -1.92. The molecule has 24 heavy (non-hydrogen) atoms. The maximum atomic E-state index is 13.9. The van der Waals surface area contributed by atoms with Crippen LogP contribution in [-0.4, -0.2) is 51.7 Å². The van der Waals surface area contributed by atoms with Crippen LogP contribution in [0.5, 0.6) is 0 Å². The number of fused-ring (bicyclic) bond motifs is 1. The Labute approximate surface area is 137 Å². The van der Waals surface area contributed by atoms with E-state index in [2.05, 4.69) is 20.4 Å². The molecule has 1 aliphatic heterocycles. The molecule has 0 spiro atoms. The predicted octanol–water partition coefficient (Wildman–Crippen LogP) is 1.84. The van der Waals surface area contributed by atoms with Crippen molar-refractivity contribution in [1.82, 2.24) is 24.9 Å². The molecule has 0 amide bonds. The van der Waals surface area contributed by atoms with E-state index in [0.29, 0.717) is 24.7 Å². The van der Waals surface area contributed by atoms with Gasteiger partial charge in [0, 0.05) is 24.7 Å². The third kappa shape index (κ3) is 2.80. The fourth-order valence-corrected chi connectivity index (χ4v) is 2.87. The zero-order valence-corrected chi connectivity index (χ0v) is 12.9. The number of alkyl halides is 2. The quantitative estimate of drug-likeness (QED) is 0.777. The molecule has 0 unspecified atom stereocenters. The van der Waals surface area contributed by atoms with E-state index in [0.717, 1.165) is 11.3 Å². The SMILES string of the molecule is FC1(F)CNCCN(c2cc(-c3ccccc3)n3ncnc3n2)C1. The molecular formula is C16H16F2N6. The molecule has 0 aliphatic carbocycles. The van der Waals surface area contributed by atoms with E-state index in [1.54, 1.807) is 15.5 Å². The van der Waals surface area contributed by atoms with E-state index < -0.39 is 5.92 Å². The Morgan fingerprint density at radius 2 is 2.00 bits per heavy atom. The van der Waals surface area contributed by atoms with Crippen molar-refractivity contribution in [2.45, 2.75) is 5.92 Å². The molecule has 0 atom stereocenters. The minimum atomic E-state index is -2.80. The van der Waals surface area contributed by atoms with Gasteiger partial charge < -0.3 is 10.2 Å². The summed E-state index contributed by atoms with van der Waals surface area (Å²) in [7, 11) is 0. The van der Waals surface area contributed by atoms with Crippen molar-refractivity contribution in [3.63, 3.8) is 0 Å². The second-order valence-electron chi connectivity index (χ2n) is 5.79. The molecule has 3 aromatic rings. The Balaban J connectivity index is 1.82. The molecule has 6 nitrogen and oxygen atoms in total. The number of hydrogen-bond donors (Lipinski definition) is 1. The molecule has 0 radical (unpaired) electrons. The highest BCUT2D eigenvalue weighted by Gasteiger charge is 2.34. The first-order valence-electron chi connectivity index (χ1n) is 7.72. The standard InChI is InChI=1S/C16H16F2N6/c17-16(18)9-19-6-7-23(10-16)14-8-13(12-4-2-1-3-5-12)24-15(22-14)20-11-21-24/h1-5,8,11,19H,6-7,9-10H2. The molecule has 1 fully saturated rings. The van der Waals surface area contributed by atoms with Crippen molar-refractivity contribution in [3.05, 3.63) is 42.7 Å². The highest BCUT2D eigenvalue weighted by molar-refractivity contribution is 5.66. The van der Waals surface area contributed by atoms with Crippen molar-refractivity contribution in [1.29, 1.82) is 0 Å². The van der Waals surface area contributed by atoms with E-state index in [1.165, 1.54) is 6.33 Å². The molecule has 1 aromatic carbocycles. The molecular weight excluding hydrogens is 314 g/mol. The summed E-state index contributed by atoms with van der Waals surface area (Å²) in [6, 6.07) is 11.4. The van der Waals surface area contributed by atoms with Gasteiger partial charge in [-0.3, -0.25) is 0 Å². The maximum absolute atomic E-state index is 13.9. The van der Waals surface area contributed by atoms with Gasteiger partial charge >= 0.3 is 0 Å². The van der Waals surface area contributed by atoms with Crippen LogP contribution in [0.1, 0.15) is 0 Å². The van der Waals surface area contributed by atoms with Gasteiger partial charge in [0.15, 0.2) is 0 Å². The fraction of sp³-hybridized carbons (Fsp3) is 0.312. The maximum Gasteiger partial charge on any atom is 0.277 e. The monoisotopic (exact) mass is 330 g/mol. The van der Waals surface area contributed by atoms with Crippen LogP contribution in [0.2, 0.25) is 0 Å². The highest BCUT2D eigenvalue weighted by Crippen LogP contribution is 2.26. The van der Waals surface area contributed by atoms with Crippen LogP contribution >= 0.6 is 0 Å².